The zero-order valence-electron chi connectivity index (χ0n) is 16.1. The third-order valence-corrected chi connectivity index (χ3v) is 5.59. The minimum atomic E-state index is -0.321. The Labute approximate surface area is 202 Å². The van der Waals surface area contributed by atoms with E-state index in [0.717, 1.165) is 9.13 Å². The summed E-state index contributed by atoms with van der Waals surface area (Å²) in [6, 6.07) is 17.7. The number of amides is 1. The fourth-order valence-electron chi connectivity index (χ4n) is 2.86. The predicted molar refractivity (Wildman–Crippen MR) is 134 cm³/mol. The quantitative estimate of drug-likeness (QED) is 0.238. The number of methoxy groups -OCH3 is 1. The second-order valence-electron chi connectivity index (χ2n) is 6.46. The summed E-state index contributed by atoms with van der Waals surface area (Å²) in [6.45, 7) is 0. The smallest absolute Gasteiger partial charge is 0.257 e. The zero-order valence-corrected chi connectivity index (χ0v) is 19.8. The highest BCUT2D eigenvalue weighted by Gasteiger charge is 2.13. The maximum absolute atomic E-state index is 12.4. The van der Waals surface area contributed by atoms with Crippen LogP contribution >= 0.6 is 46.4 Å². The van der Waals surface area contributed by atoms with Crippen molar-refractivity contribution in [2.24, 2.45) is 0 Å². The first-order chi connectivity index (χ1) is 14.9. The van der Waals surface area contributed by atoms with Crippen LogP contribution in [0.5, 0.6) is 5.75 Å². The van der Waals surface area contributed by atoms with Gasteiger partial charge in [-0.05, 0) is 95.5 Å². The third kappa shape index (κ3) is 4.97. The lowest BCUT2D eigenvalue weighted by Crippen LogP contribution is -2.34. The van der Waals surface area contributed by atoms with Gasteiger partial charge in [0, 0.05) is 14.8 Å². The standard InChI is InChI=1S/C22H15ClIN3O3S/c1-29-15-6-2-12(3-7-15)20(28)27-22(31)25-14-5-9-19-18(11-14)26-21(30-19)16-10-13(24)4-8-17(16)23/h2-11H,1H3,(H2,25,27,28,31). The molecule has 1 amide bonds. The molecule has 0 fully saturated rings. The maximum atomic E-state index is 12.4. The lowest BCUT2D eigenvalue weighted by Gasteiger charge is -2.09. The number of carbonyl (C=O) groups excluding carboxylic acids is 1. The molecular formula is C22H15ClIN3O3S. The summed E-state index contributed by atoms with van der Waals surface area (Å²) < 4.78 is 12.0. The Morgan fingerprint density at radius 3 is 2.65 bits per heavy atom. The molecule has 0 unspecified atom stereocenters. The van der Waals surface area contributed by atoms with Gasteiger partial charge in [0.05, 0.1) is 17.7 Å². The summed E-state index contributed by atoms with van der Waals surface area (Å²) in [7, 11) is 1.57. The number of fused-ring (bicyclic) bond motifs is 1. The number of nitrogens with one attached hydrogen (secondary N) is 2. The Hall–Kier alpha value is -2.69. The van der Waals surface area contributed by atoms with Gasteiger partial charge in [0.2, 0.25) is 5.89 Å². The number of thiocarbonyl (C=S) groups is 1. The number of ether oxygens (including phenoxy) is 1. The van der Waals surface area contributed by atoms with E-state index in [9.17, 15) is 4.79 Å². The van der Waals surface area contributed by atoms with Crippen LogP contribution in [0.4, 0.5) is 5.69 Å². The molecule has 0 saturated heterocycles. The number of hydrogen-bond acceptors (Lipinski definition) is 5. The van der Waals surface area contributed by atoms with Crippen molar-refractivity contribution < 1.29 is 13.9 Å². The van der Waals surface area contributed by atoms with Crippen molar-refractivity contribution in [3.8, 4) is 17.2 Å². The van der Waals surface area contributed by atoms with Crippen LogP contribution in [0.2, 0.25) is 5.02 Å². The molecule has 4 rings (SSSR count). The zero-order chi connectivity index (χ0) is 22.0. The number of rotatable bonds is 4. The molecule has 6 nitrogen and oxygen atoms in total. The molecule has 0 atom stereocenters. The van der Waals surface area contributed by atoms with E-state index in [1.54, 1.807) is 49.6 Å². The molecule has 0 aliphatic carbocycles. The maximum Gasteiger partial charge on any atom is 0.257 e. The number of nitrogens with zero attached hydrogens (tertiary/aromatic N) is 1. The van der Waals surface area contributed by atoms with E-state index in [1.807, 2.05) is 18.2 Å². The Morgan fingerprint density at radius 2 is 1.90 bits per heavy atom. The molecule has 1 aromatic heterocycles. The number of benzene rings is 3. The van der Waals surface area contributed by atoms with E-state index in [2.05, 4.69) is 38.2 Å². The van der Waals surface area contributed by atoms with Crippen LogP contribution < -0.4 is 15.4 Å². The SMILES string of the molecule is COc1ccc(C(=O)NC(=S)Nc2ccc3oc(-c4cc(I)ccc4Cl)nc3c2)cc1. The number of oxazole rings is 1. The average molecular weight is 564 g/mol. The van der Waals surface area contributed by atoms with Crippen molar-refractivity contribution in [2.75, 3.05) is 12.4 Å². The molecule has 0 spiro atoms. The van der Waals surface area contributed by atoms with Crippen molar-refractivity contribution in [2.45, 2.75) is 0 Å². The first kappa shape index (κ1) is 21.5. The minimum absolute atomic E-state index is 0.171. The van der Waals surface area contributed by atoms with Crippen LogP contribution in [0.15, 0.2) is 65.1 Å². The molecule has 2 N–H and O–H groups in total. The highest BCUT2D eigenvalue weighted by molar-refractivity contribution is 14.1. The number of anilines is 1. The van der Waals surface area contributed by atoms with Crippen molar-refractivity contribution in [1.29, 1.82) is 0 Å². The Kier molecular flexibility index (Phi) is 6.40. The van der Waals surface area contributed by atoms with Crippen molar-refractivity contribution >= 4 is 74.2 Å². The van der Waals surface area contributed by atoms with Crippen molar-refractivity contribution in [3.63, 3.8) is 0 Å². The van der Waals surface area contributed by atoms with Crippen LogP contribution in [0.3, 0.4) is 0 Å². The Balaban J connectivity index is 1.48. The van der Waals surface area contributed by atoms with Gasteiger partial charge in [-0.25, -0.2) is 4.98 Å². The minimum Gasteiger partial charge on any atom is -0.497 e. The molecule has 0 bridgehead atoms. The summed E-state index contributed by atoms with van der Waals surface area (Å²) in [5.74, 6) is 0.786. The van der Waals surface area contributed by atoms with Crippen LogP contribution in [0.1, 0.15) is 10.4 Å². The normalized spacial score (nSPS) is 10.7. The molecule has 0 aliphatic heterocycles. The summed E-state index contributed by atoms with van der Waals surface area (Å²) in [6.07, 6.45) is 0. The molecule has 9 heteroatoms. The molecule has 0 saturated carbocycles. The molecule has 4 aromatic rings. The van der Waals surface area contributed by atoms with Crippen LogP contribution in [-0.4, -0.2) is 23.1 Å². The van der Waals surface area contributed by atoms with Crippen LogP contribution in [0.25, 0.3) is 22.6 Å². The summed E-state index contributed by atoms with van der Waals surface area (Å²) in [4.78, 5) is 16.9. The lowest BCUT2D eigenvalue weighted by atomic mass is 10.2. The fourth-order valence-corrected chi connectivity index (χ4v) is 3.76. The van der Waals surface area contributed by atoms with Gasteiger partial charge in [-0.3, -0.25) is 10.1 Å². The topological polar surface area (TPSA) is 76.4 Å². The summed E-state index contributed by atoms with van der Waals surface area (Å²) >= 11 is 13.8. The van der Waals surface area contributed by atoms with E-state index in [1.165, 1.54) is 0 Å². The van der Waals surface area contributed by atoms with Gasteiger partial charge in [-0.1, -0.05) is 11.6 Å². The predicted octanol–water partition coefficient (Wildman–Crippen LogP) is 5.89. The number of carbonyl (C=O) groups is 1. The van der Waals surface area contributed by atoms with Gasteiger partial charge < -0.3 is 14.5 Å². The van der Waals surface area contributed by atoms with Crippen molar-refractivity contribution in [3.05, 3.63) is 74.8 Å². The molecule has 1 heterocycles. The van der Waals surface area contributed by atoms with Gasteiger partial charge in [0.1, 0.15) is 11.3 Å². The van der Waals surface area contributed by atoms with Gasteiger partial charge in [-0.15, -0.1) is 0 Å². The van der Waals surface area contributed by atoms with E-state index in [-0.39, 0.29) is 11.0 Å². The van der Waals surface area contributed by atoms with Gasteiger partial charge in [-0.2, -0.15) is 0 Å². The molecule has 0 radical (unpaired) electrons. The molecule has 3 aromatic carbocycles. The third-order valence-electron chi connectivity index (χ3n) is 4.38. The van der Waals surface area contributed by atoms with E-state index >= 15 is 0 Å². The second-order valence-corrected chi connectivity index (χ2v) is 8.52. The largest absolute Gasteiger partial charge is 0.497 e. The summed E-state index contributed by atoms with van der Waals surface area (Å²) in [5, 5.41) is 6.38. The average Bonchev–Trinajstić information content (AvgIpc) is 3.18. The van der Waals surface area contributed by atoms with Gasteiger partial charge in [0.15, 0.2) is 10.7 Å². The van der Waals surface area contributed by atoms with E-state index in [0.29, 0.717) is 39.0 Å². The monoisotopic (exact) mass is 563 g/mol. The fraction of sp³-hybridized carbons (Fsp3) is 0.0455. The Morgan fingerprint density at radius 1 is 1.13 bits per heavy atom. The van der Waals surface area contributed by atoms with E-state index in [4.69, 9.17) is 33.0 Å². The van der Waals surface area contributed by atoms with Crippen LogP contribution in [0, 0.1) is 3.57 Å². The molecule has 0 aliphatic rings. The number of aromatic nitrogens is 1. The highest BCUT2D eigenvalue weighted by Crippen LogP contribution is 2.32. The lowest BCUT2D eigenvalue weighted by molar-refractivity contribution is 0.0977. The molecule has 156 valence electrons. The Bertz CT molecular complexity index is 1290. The van der Waals surface area contributed by atoms with Crippen molar-refractivity contribution in [1.82, 2.24) is 10.3 Å². The first-order valence-electron chi connectivity index (χ1n) is 9.05. The van der Waals surface area contributed by atoms with E-state index < -0.39 is 0 Å². The van der Waals surface area contributed by atoms with Gasteiger partial charge in [0.25, 0.3) is 5.91 Å². The van der Waals surface area contributed by atoms with Gasteiger partial charge >= 0.3 is 0 Å². The second kappa shape index (κ2) is 9.21. The molecule has 31 heavy (non-hydrogen) atoms. The number of halogens is 2. The summed E-state index contributed by atoms with van der Waals surface area (Å²) in [5.41, 5.74) is 3.11. The highest BCUT2D eigenvalue weighted by atomic mass is 127. The molecular weight excluding hydrogens is 549 g/mol. The van der Waals surface area contributed by atoms with Crippen LogP contribution in [-0.2, 0) is 0 Å². The number of hydrogen-bond donors (Lipinski definition) is 2. The first-order valence-corrected chi connectivity index (χ1v) is 10.9.